The third-order valence-electron chi connectivity index (χ3n) is 3.69. The molecule has 0 spiro atoms. The Morgan fingerprint density at radius 1 is 1.05 bits per heavy atom. The summed E-state index contributed by atoms with van der Waals surface area (Å²) in [5.74, 6) is -1.18. The lowest BCUT2D eigenvalue weighted by molar-refractivity contribution is -0.254. The van der Waals surface area contributed by atoms with Gasteiger partial charge in [0.2, 0.25) is 0 Å². The lowest BCUT2D eigenvalue weighted by Crippen LogP contribution is -2.22. The van der Waals surface area contributed by atoms with Crippen molar-refractivity contribution in [1.82, 2.24) is 4.98 Å². The normalized spacial score (nSPS) is 11.1. The van der Waals surface area contributed by atoms with E-state index in [1.807, 2.05) is 53.9 Å². The summed E-state index contributed by atoms with van der Waals surface area (Å²) in [4.78, 5) is 17.2. The molecule has 2 aromatic carbocycles. The number of carboxylic acid groups (broad SMARTS) is 1. The van der Waals surface area contributed by atoms with E-state index in [0.717, 1.165) is 15.6 Å². The molecule has 0 aliphatic heterocycles. The highest BCUT2D eigenvalue weighted by Gasteiger charge is 2.11. The molecule has 0 amide bonds. The average molecular weight is 304 g/mol. The van der Waals surface area contributed by atoms with Gasteiger partial charge in [0.05, 0.1) is 22.1 Å². The Bertz CT molecular complexity index is 1010. The number of nitrogens with zero attached hydrogens (tertiary/aromatic N) is 1. The molecule has 0 radical (unpaired) electrons. The van der Waals surface area contributed by atoms with Gasteiger partial charge in [0.15, 0.2) is 0 Å². The van der Waals surface area contributed by atoms with E-state index in [1.54, 1.807) is 6.07 Å². The molecule has 4 heteroatoms. The van der Waals surface area contributed by atoms with Gasteiger partial charge in [-0.15, -0.1) is 11.3 Å². The Morgan fingerprint density at radius 3 is 2.68 bits per heavy atom. The van der Waals surface area contributed by atoms with E-state index < -0.39 is 5.97 Å². The molecule has 4 rings (SSSR count). The molecular formula is C18H10NO2S-. The molecule has 0 atom stereocenters. The predicted molar refractivity (Wildman–Crippen MR) is 86.9 cm³/mol. The number of benzene rings is 2. The first kappa shape index (κ1) is 13.0. The lowest BCUT2D eigenvalue weighted by atomic mass is 10.00. The molecule has 2 heterocycles. The van der Waals surface area contributed by atoms with E-state index in [1.165, 1.54) is 11.3 Å². The summed E-state index contributed by atoms with van der Waals surface area (Å²) in [5.41, 5.74) is 1.52. The number of hydrogen-bond donors (Lipinski definition) is 0. The van der Waals surface area contributed by atoms with Crippen LogP contribution in [0.3, 0.4) is 0 Å². The highest BCUT2D eigenvalue weighted by molar-refractivity contribution is 7.13. The van der Waals surface area contributed by atoms with Gasteiger partial charge in [0, 0.05) is 10.9 Å². The fraction of sp³-hybridized carbons (Fsp3) is 0. The Morgan fingerprint density at radius 2 is 1.91 bits per heavy atom. The van der Waals surface area contributed by atoms with Crippen molar-refractivity contribution in [3.05, 3.63) is 65.5 Å². The fourth-order valence-corrected chi connectivity index (χ4v) is 3.40. The second kappa shape index (κ2) is 4.93. The number of aromatic carboxylic acids is 1. The molecular weight excluding hydrogens is 294 g/mol. The molecule has 0 fully saturated rings. The lowest BCUT2D eigenvalue weighted by Gasteiger charge is -2.12. The zero-order valence-corrected chi connectivity index (χ0v) is 12.3. The minimum atomic E-state index is -1.18. The third kappa shape index (κ3) is 1.96. The highest BCUT2D eigenvalue weighted by Crippen LogP contribution is 2.31. The van der Waals surface area contributed by atoms with Crippen molar-refractivity contribution in [2.45, 2.75) is 0 Å². The molecule has 0 bridgehead atoms. The van der Waals surface area contributed by atoms with Crippen LogP contribution in [0, 0.1) is 0 Å². The Hall–Kier alpha value is -2.72. The van der Waals surface area contributed by atoms with Crippen LogP contribution in [0.1, 0.15) is 10.4 Å². The van der Waals surface area contributed by atoms with Crippen LogP contribution in [0.5, 0.6) is 0 Å². The number of aromatic nitrogens is 1. The minimum Gasteiger partial charge on any atom is -0.545 e. The second-order valence-corrected chi connectivity index (χ2v) is 5.95. The van der Waals surface area contributed by atoms with Gasteiger partial charge in [-0.05, 0) is 34.4 Å². The molecule has 4 aromatic rings. The van der Waals surface area contributed by atoms with Crippen molar-refractivity contribution in [3.63, 3.8) is 0 Å². The second-order valence-electron chi connectivity index (χ2n) is 5.00. The number of thiophene rings is 1. The summed E-state index contributed by atoms with van der Waals surface area (Å²) >= 11 is 1.53. The van der Waals surface area contributed by atoms with Crippen LogP contribution in [0.2, 0.25) is 0 Å². The Kier molecular flexibility index (Phi) is 2.91. The third-order valence-corrected chi connectivity index (χ3v) is 4.58. The van der Waals surface area contributed by atoms with Crippen LogP contribution >= 0.6 is 11.3 Å². The number of pyridine rings is 1. The van der Waals surface area contributed by atoms with E-state index in [0.29, 0.717) is 16.6 Å². The first-order chi connectivity index (χ1) is 10.7. The van der Waals surface area contributed by atoms with E-state index in [2.05, 4.69) is 4.98 Å². The number of carbonyl (C=O) groups excluding carboxylic acids is 1. The zero-order chi connectivity index (χ0) is 15.1. The zero-order valence-electron chi connectivity index (χ0n) is 11.4. The topological polar surface area (TPSA) is 53.0 Å². The molecule has 0 N–H and O–H groups in total. The molecule has 0 saturated heterocycles. The van der Waals surface area contributed by atoms with Gasteiger partial charge in [0.1, 0.15) is 0 Å². The van der Waals surface area contributed by atoms with E-state index in [9.17, 15) is 9.90 Å². The summed E-state index contributed by atoms with van der Waals surface area (Å²) in [6, 6.07) is 17.0. The summed E-state index contributed by atoms with van der Waals surface area (Å²) < 4.78 is 0. The summed E-state index contributed by atoms with van der Waals surface area (Å²) in [6.07, 6.45) is 0. The summed E-state index contributed by atoms with van der Waals surface area (Å²) in [7, 11) is 0. The van der Waals surface area contributed by atoms with Crippen LogP contribution in [-0.2, 0) is 0 Å². The van der Waals surface area contributed by atoms with Crippen LogP contribution in [0.15, 0.2) is 60.0 Å². The van der Waals surface area contributed by atoms with Crippen molar-refractivity contribution in [1.29, 1.82) is 0 Å². The molecule has 3 nitrogen and oxygen atoms in total. The molecule has 0 aliphatic rings. The van der Waals surface area contributed by atoms with E-state index in [4.69, 9.17) is 0 Å². The maximum absolute atomic E-state index is 11.6. The monoisotopic (exact) mass is 304 g/mol. The fourth-order valence-electron chi connectivity index (χ4n) is 2.72. The van der Waals surface area contributed by atoms with Gasteiger partial charge in [-0.2, -0.15) is 0 Å². The number of rotatable bonds is 2. The van der Waals surface area contributed by atoms with Gasteiger partial charge in [-0.25, -0.2) is 4.98 Å². The smallest absolute Gasteiger partial charge is 0.0816 e. The predicted octanol–water partition coefficient (Wildman–Crippen LogP) is 3.48. The van der Waals surface area contributed by atoms with Crippen molar-refractivity contribution < 1.29 is 9.90 Å². The standard InChI is InChI=1S/C18H11NO2S/c20-18(21)13-10-15(16-6-3-9-22-16)19-14-8-7-11-4-1-2-5-12(11)17(13)14/h1-10H,(H,20,21)/p-1. The Balaban J connectivity index is 2.15. The highest BCUT2D eigenvalue weighted by atomic mass is 32.1. The number of carboxylic acids is 1. The molecule has 0 unspecified atom stereocenters. The van der Waals surface area contributed by atoms with Gasteiger partial charge in [-0.1, -0.05) is 36.4 Å². The summed E-state index contributed by atoms with van der Waals surface area (Å²) in [5, 5.41) is 16.1. The van der Waals surface area contributed by atoms with Crippen molar-refractivity contribution in [3.8, 4) is 10.6 Å². The first-order valence-corrected chi connectivity index (χ1v) is 7.70. The molecule has 0 aliphatic carbocycles. The summed E-state index contributed by atoms with van der Waals surface area (Å²) in [6.45, 7) is 0. The molecule has 22 heavy (non-hydrogen) atoms. The van der Waals surface area contributed by atoms with E-state index in [-0.39, 0.29) is 5.56 Å². The molecule has 2 aromatic heterocycles. The average Bonchev–Trinajstić information content (AvgIpc) is 3.08. The van der Waals surface area contributed by atoms with Crippen molar-refractivity contribution >= 4 is 39.0 Å². The number of hydrogen-bond acceptors (Lipinski definition) is 4. The van der Waals surface area contributed by atoms with Crippen LogP contribution in [0.4, 0.5) is 0 Å². The van der Waals surface area contributed by atoms with Crippen molar-refractivity contribution in [2.75, 3.05) is 0 Å². The van der Waals surface area contributed by atoms with Crippen LogP contribution < -0.4 is 5.11 Å². The SMILES string of the molecule is O=C([O-])c1cc(-c2cccs2)nc2ccc3ccccc3c12. The number of fused-ring (bicyclic) bond motifs is 3. The minimum absolute atomic E-state index is 0.185. The maximum atomic E-state index is 11.6. The van der Waals surface area contributed by atoms with Crippen LogP contribution in [-0.4, -0.2) is 11.0 Å². The van der Waals surface area contributed by atoms with Crippen molar-refractivity contribution in [2.24, 2.45) is 0 Å². The molecule has 106 valence electrons. The maximum Gasteiger partial charge on any atom is 0.0816 e. The van der Waals surface area contributed by atoms with E-state index >= 15 is 0 Å². The van der Waals surface area contributed by atoms with Gasteiger partial charge < -0.3 is 9.90 Å². The Labute approximate surface area is 130 Å². The van der Waals surface area contributed by atoms with Crippen LogP contribution in [0.25, 0.3) is 32.2 Å². The van der Waals surface area contributed by atoms with Gasteiger partial charge in [-0.3, -0.25) is 0 Å². The number of carbonyl (C=O) groups is 1. The largest absolute Gasteiger partial charge is 0.545 e. The quantitative estimate of drug-likeness (QED) is 0.533. The van der Waals surface area contributed by atoms with Gasteiger partial charge >= 0.3 is 0 Å². The first-order valence-electron chi connectivity index (χ1n) is 6.82. The van der Waals surface area contributed by atoms with Gasteiger partial charge in [0.25, 0.3) is 0 Å². The molecule has 0 saturated carbocycles.